The molecule has 7 rings (SSSR count). The largest absolute Gasteiger partial charge is 0.486 e. The van der Waals surface area contributed by atoms with E-state index in [1.165, 1.54) is 42.5 Å². The van der Waals surface area contributed by atoms with Crippen LogP contribution in [0.25, 0.3) is 0 Å². The highest BCUT2D eigenvalue weighted by Crippen LogP contribution is 2.36. The number of thiocyanates is 1. The van der Waals surface area contributed by atoms with E-state index >= 15 is 0 Å². The maximum absolute atomic E-state index is 12.5. The Labute approximate surface area is 528 Å². The second-order valence-corrected chi connectivity index (χ2v) is 20.2. The summed E-state index contributed by atoms with van der Waals surface area (Å²) in [6.07, 6.45) is 1.93. The average molecular weight is 1270 g/mol. The first-order valence-corrected chi connectivity index (χ1v) is 28.1. The Balaban J connectivity index is 1.25. The summed E-state index contributed by atoms with van der Waals surface area (Å²) < 4.78 is 32.8. The van der Waals surface area contributed by atoms with Gasteiger partial charge in [-0.15, -0.1) is 0 Å². The molecule has 0 bridgehead atoms. The zero-order chi connectivity index (χ0) is 65.9. The van der Waals surface area contributed by atoms with Crippen molar-refractivity contribution < 1.29 is 97.1 Å². The SMILES string of the molecule is N#CSc1ccc(C#Cc2cc(CN3CCN(Cc4cc(C#Cc5c(OCC=O)cc(OCC(=O)O)cc5OCC(=O)O)cc(C=O)n4)CCN(Cc4cc(C#Cc5c(OCC(=O)O)cc(OCC=O)cc5OCC(=O)O)cc(C=O)n4)CC3)nc(C(=O)O)c2)cc1. The van der Waals surface area contributed by atoms with Crippen molar-refractivity contribution in [3.63, 3.8) is 0 Å². The summed E-state index contributed by atoms with van der Waals surface area (Å²) >= 11 is 0.992. The molecule has 3 aromatic carbocycles. The molecule has 3 aromatic heterocycles. The number of aliphatic carboxylic acids is 4. The summed E-state index contributed by atoms with van der Waals surface area (Å²) in [7, 11) is 0. The number of nitriles is 1. The van der Waals surface area contributed by atoms with Crippen LogP contribution >= 0.6 is 11.8 Å². The Bertz CT molecular complexity index is 3990. The molecular weight excluding hydrogens is 1220 g/mol. The first-order chi connectivity index (χ1) is 44.4. The van der Waals surface area contributed by atoms with E-state index < -0.39 is 69.5 Å². The van der Waals surface area contributed by atoms with Crippen LogP contribution in [0, 0.1) is 46.2 Å². The minimum atomic E-state index is -1.36. The number of rotatable bonds is 28. The Morgan fingerprint density at radius 2 is 0.826 bits per heavy atom. The second-order valence-electron chi connectivity index (χ2n) is 19.4. The number of thioether (sulfide) groups is 1. The number of carboxylic acid groups (broad SMARTS) is 5. The van der Waals surface area contributed by atoms with Crippen LogP contribution in [0.4, 0.5) is 0 Å². The summed E-state index contributed by atoms with van der Waals surface area (Å²) in [4.78, 5) is 127. The maximum atomic E-state index is 12.5. The van der Waals surface area contributed by atoms with E-state index in [-0.39, 0.29) is 93.5 Å². The Hall–Kier alpha value is -11.7. The number of benzene rings is 3. The molecule has 27 nitrogen and oxygen atoms in total. The topological polar surface area (TPSA) is 382 Å². The Kier molecular flexibility index (Phi) is 25.2. The Morgan fingerprint density at radius 1 is 0.457 bits per heavy atom. The van der Waals surface area contributed by atoms with Crippen LogP contribution in [0.2, 0.25) is 0 Å². The minimum Gasteiger partial charge on any atom is -0.486 e. The number of pyridine rings is 3. The van der Waals surface area contributed by atoms with Crippen LogP contribution < -0.4 is 28.4 Å². The van der Waals surface area contributed by atoms with Crippen molar-refractivity contribution in [1.82, 2.24) is 29.7 Å². The number of ether oxygens (including phenoxy) is 6. The van der Waals surface area contributed by atoms with E-state index in [0.717, 1.165) is 16.7 Å². The molecule has 0 atom stereocenters. The van der Waals surface area contributed by atoms with Crippen molar-refractivity contribution in [3.05, 3.63) is 152 Å². The lowest BCUT2D eigenvalue weighted by Gasteiger charge is -2.25. The zero-order valence-corrected chi connectivity index (χ0v) is 49.2. The molecule has 0 unspecified atom stereocenters. The van der Waals surface area contributed by atoms with Gasteiger partial charge in [0.2, 0.25) is 0 Å². The highest BCUT2D eigenvalue weighted by Gasteiger charge is 2.22. The lowest BCUT2D eigenvalue weighted by molar-refractivity contribution is -0.140. The first kappa shape index (κ1) is 67.8. The minimum absolute atomic E-state index is 0.0106. The number of carbonyl (C=O) groups is 9. The predicted octanol–water partition coefficient (Wildman–Crippen LogP) is 3.80. The predicted molar refractivity (Wildman–Crippen MR) is 321 cm³/mol. The Morgan fingerprint density at radius 3 is 1.23 bits per heavy atom. The van der Waals surface area contributed by atoms with Gasteiger partial charge in [-0.2, -0.15) is 5.26 Å². The van der Waals surface area contributed by atoms with Gasteiger partial charge in [-0.05, 0) is 72.4 Å². The van der Waals surface area contributed by atoms with Crippen molar-refractivity contribution in [2.24, 2.45) is 0 Å². The van der Waals surface area contributed by atoms with Gasteiger partial charge in [0.25, 0.3) is 0 Å². The number of aromatic nitrogens is 3. The molecule has 5 N–H and O–H groups in total. The van der Waals surface area contributed by atoms with Crippen molar-refractivity contribution >= 4 is 66.8 Å². The molecule has 1 aliphatic heterocycles. The van der Waals surface area contributed by atoms with Gasteiger partial charge in [-0.1, -0.05) is 35.5 Å². The van der Waals surface area contributed by atoms with Crippen LogP contribution in [-0.4, -0.2) is 189 Å². The summed E-state index contributed by atoms with van der Waals surface area (Å²) in [5, 5.41) is 58.8. The summed E-state index contributed by atoms with van der Waals surface area (Å²) in [5.74, 6) is 10.2. The molecule has 6 aromatic rings. The van der Waals surface area contributed by atoms with Gasteiger partial charge in [0.15, 0.2) is 51.6 Å². The van der Waals surface area contributed by atoms with Gasteiger partial charge < -0.3 is 54.0 Å². The third-order valence-electron chi connectivity index (χ3n) is 12.6. The van der Waals surface area contributed by atoms with Crippen molar-refractivity contribution in [1.29, 1.82) is 5.26 Å². The van der Waals surface area contributed by atoms with E-state index in [2.05, 4.69) is 55.4 Å². The molecular formula is C64H53N7O20S. The molecule has 92 heavy (non-hydrogen) atoms. The van der Waals surface area contributed by atoms with E-state index in [1.807, 2.05) is 15.2 Å². The molecule has 28 heteroatoms. The third-order valence-corrected chi connectivity index (χ3v) is 13.2. The maximum Gasteiger partial charge on any atom is 0.354 e. The molecule has 0 saturated carbocycles. The van der Waals surface area contributed by atoms with Crippen molar-refractivity contribution in [3.8, 4) is 75.4 Å². The summed E-state index contributed by atoms with van der Waals surface area (Å²) in [6.45, 7) is -1.70. The molecule has 0 aliphatic carbocycles. The number of hydrogen-bond donors (Lipinski definition) is 5. The van der Waals surface area contributed by atoms with Crippen LogP contribution in [-0.2, 0) is 48.4 Å². The highest BCUT2D eigenvalue weighted by atomic mass is 32.2. The monoisotopic (exact) mass is 1270 g/mol. The molecule has 0 radical (unpaired) electrons. The lowest BCUT2D eigenvalue weighted by atomic mass is 10.1. The van der Waals surface area contributed by atoms with Crippen LogP contribution in [0.3, 0.4) is 0 Å². The van der Waals surface area contributed by atoms with Gasteiger partial charge in [-0.25, -0.2) is 38.9 Å². The van der Waals surface area contributed by atoms with Crippen LogP contribution in [0.5, 0.6) is 34.5 Å². The fourth-order valence-electron chi connectivity index (χ4n) is 8.74. The quantitative estimate of drug-likeness (QED) is 0.0202. The molecule has 470 valence electrons. The average Bonchev–Trinajstić information content (AvgIpc) is 0.965. The normalized spacial score (nSPS) is 12.3. The number of hydrogen-bond acceptors (Lipinski definition) is 23. The number of carboxylic acids is 5. The van der Waals surface area contributed by atoms with Crippen LogP contribution in [0.1, 0.15) is 81.9 Å². The second kappa shape index (κ2) is 34.2. The first-order valence-electron chi connectivity index (χ1n) is 27.3. The van der Waals surface area contributed by atoms with Gasteiger partial charge in [0, 0.05) is 110 Å². The molecule has 0 spiro atoms. The molecule has 1 saturated heterocycles. The summed E-state index contributed by atoms with van der Waals surface area (Å²) in [5.41, 5.74) is 2.23. The van der Waals surface area contributed by atoms with Gasteiger partial charge in [-0.3, -0.25) is 33.9 Å². The number of aldehydes is 4. The van der Waals surface area contributed by atoms with Crippen molar-refractivity contribution in [2.45, 2.75) is 24.5 Å². The fraction of sp³-hybridized carbons (Fsp3) is 0.234. The number of carbonyl (C=O) groups excluding carboxylic acids is 4. The molecule has 1 fully saturated rings. The van der Waals surface area contributed by atoms with Crippen molar-refractivity contribution in [2.75, 3.05) is 78.9 Å². The van der Waals surface area contributed by atoms with E-state index in [1.54, 1.807) is 42.5 Å². The van der Waals surface area contributed by atoms with E-state index in [9.17, 15) is 68.7 Å². The molecule has 1 aliphatic rings. The van der Waals surface area contributed by atoms with Gasteiger partial charge in [0.05, 0.1) is 17.1 Å². The van der Waals surface area contributed by atoms with Gasteiger partial charge >= 0.3 is 29.8 Å². The van der Waals surface area contributed by atoms with E-state index in [4.69, 9.17) is 33.7 Å². The fourth-order valence-corrected chi connectivity index (χ4v) is 9.11. The molecule has 4 heterocycles. The number of nitrogens with zero attached hydrogens (tertiary/aromatic N) is 7. The standard InChI is InChI=1S/C64H53N7O20S/c65-40-92-52-7-3-41(4-8-52)1-2-44-23-47(68-55(26-44)64(84)85)33-71-15-13-69(31-45-21-42(24-48(34-74)66-45)5-9-53-56(87-20-18-73)29-51(88-36-60(76)77)30-59(53)91-39-63(82)83)11-12-70(14-16-71)32-46-22-43(25-49(35-75)67-46)6-10-54-57(89-37-61(78)79)27-50(86-19-17-72)28-58(54)90-38-62(80)81/h3-4,7-8,17-18,21-30,34-35H,11-16,19-20,31-33,36-39H2,(H,76,77)(H,78,79)(H,80,81)(H,82,83)(H,84,85). The van der Waals surface area contributed by atoms with Crippen LogP contribution in [0.15, 0.2) is 89.8 Å². The van der Waals surface area contributed by atoms with E-state index in [0.29, 0.717) is 92.6 Å². The lowest BCUT2D eigenvalue weighted by Crippen LogP contribution is -2.36. The number of aromatic carboxylic acids is 1. The highest BCUT2D eigenvalue weighted by molar-refractivity contribution is 8.03. The zero-order valence-electron chi connectivity index (χ0n) is 48.4. The molecule has 0 amide bonds. The summed E-state index contributed by atoms with van der Waals surface area (Å²) in [6, 6.07) is 21.0. The third kappa shape index (κ3) is 21.6. The van der Waals surface area contributed by atoms with Gasteiger partial charge in [0.1, 0.15) is 81.3 Å². The smallest absolute Gasteiger partial charge is 0.354 e.